The molecule has 1 heterocycles. The molecule has 0 radical (unpaired) electrons. The zero-order chi connectivity index (χ0) is 9.35. The zero-order valence-corrected chi connectivity index (χ0v) is 11.0. The molecule has 1 amide bonds. The Morgan fingerprint density at radius 3 is 2.42 bits per heavy atom. The number of hydrogen-bond donors (Lipinski definition) is 0. The van der Waals surface area contributed by atoms with E-state index in [0.717, 1.165) is 0 Å². The molecule has 0 spiro atoms. The van der Waals surface area contributed by atoms with Crippen molar-refractivity contribution in [3.05, 3.63) is 8.96 Å². The molecule has 0 aliphatic carbocycles. The number of carbonyl (C=O) groups excluding carboxylic acids is 1. The first-order valence-electron chi connectivity index (χ1n) is 4.28. The molecule has 0 fully saturated rings. The van der Waals surface area contributed by atoms with Gasteiger partial charge in [0.1, 0.15) is 0 Å². The first-order chi connectivity index (χ1) is 5.41. The van der Waals surface area contributed by atoms with E-state index >= 15 is 0 Å². The molecular weight excluding hydrogens is 227 g/mol. The summed E-state index contributed by atoms with van der Waals surface area (Å²) in [5.74, 6) is 0.136. The van der Waals surface area contributed by atoms with Gasteiger partial charge in [-0.3, -0.25) is 0 Å². The van der Waals surface area contributed by atoms with Crippen molar-refractivity contribution in [1.29, 1.82) is 0 Å². The Morgan fingerprint density at radius 2 is 2.00 bits per heavy atom. The predicted molar refractivity (Wildman–Crippen MR) is 47.7 cm³/mol. The summed E-state index contributed by atoms with van der Waals surface area (Å²) in [5, 5.41) is 0. The Labute approximate surface area is 84.0 Å². The van der Waals surface area contributed by atoms with E-state index in [4.69, 9.17) is 0 Å². The molecule has 12 heavy (non-hydrogen) atoms. The Kier molecular flexibility index (Phi) is 3.00. The number of rotatable bonds is 0. The van der Waals surface area contributed by atoms with Gasteiger partial charge in [-0.25, -0.2) is 0 Å². The van der Waals surface area contributed by atoms with E-state index in [9.17, 15) is 4.79 Å². The monoisotopic (exact) mass is 242 g/mol. The predicted octanol–water partition coefficient (Wildman–Crippen LogP) is 1.57. The molecule has 0 aromatic carbocycles. The molecule has 2 nitrogen and oxygen atoms in total. The van der Waals surface area contributed by atoms with Crippen LogP contribution in [0.25, 0.3) is 0 Å². The van der Waals surface area contributed by atoms with Crippen LogP contribution in [0.15, 0.2) is 8.96 Å². The third-order valence-corrected chi connectivity index (χ3v) is 5.74. The van der Waals surface area contributed by atoms with Gasteiger partial charge in [0.25, 0.3) is 0 Å². The molecule has 0 saturated heterocycles. The van der Waals surface area contributed by atoms with Crippen molar-refractivity contribution < 1.29 is 31.7 Å². The van der Waals surface area contributed by atoms with Crippen LogP contribution in [-0.4, -0.2) is 19.3 Å². The van der Waals surface area contributed by atoms with Crippen LogP contribution in [0.5, 0.6) is 0 Å². The average Bonchev–Trinajstić information content (AvgIpc) is 1.92. The van der Waals surface area contributed by atoms with Crippen LogP contribution in [0.3, 0.4) is 0 Å². The van der Waals surface area contributed by atoms with E-state index in [0.29, 0.717) is 0 Å². The van der Waals surface area contributed by atoms with Crippen molar-refractivity contribution in [1.82, 2.24) is 4.90 Å². The first-order valence-corrected chi connectivity index (χ1v) is 10.4. The minimum absolute atomic E-state index is 0.0486. The van der Waals surface area contributed by atoms with Crippen LogP contribution >= 0.6 is 0 Å². The molecule has 0 unspecified atom stereocenters. The Balaban J connectivity index is 2.93. The molecule has 0 aromatic rings. The van der Waals surface area contributed by atoms with Crippen LogP contribution in [0.2, 0.25) is 3.73 Å². The number of carbonyl (C=O) groups is 1. The molecule has 1 aliphatic heterocycles. The summed E-state index contributed by atoms with van der Waals surface area (Å²) in [5.41, 5.74) is -0.0486. The fourth-order valence-corrected chi connectivity index (χ4v) is 5.24. The van der Waals surface area contributed by atoms with Crippen molar-refractivity contribution in [3.63, 3.8) is 0 Å². The SMILES string of the molecule is [CH3][Y]1=[CH]N(C(C)(C)C)C(=O)C=[CH]1. The van der Waals surface area contributed by atoms with E-state index < -0.39 is 26.9 Å². The molecular formula is C9H15NOY. The van der Waals surface area contributed by atoms with E-state index in [-0.39, 0.29) is 11.4 Å². The second-order valence-corrected chi connectivity index (χ2v) is 10.1. The minimum atomic E-state index is -1.53. The molecule has 3 heteroatoms. The maximum absolute atomic E-state index is 11.4. The third-order valence-electron chi connectivity index (χ3n) is 1.89. The number of hydrogen-bond acceptors (Lipinski definition) is 1. The van der Waals surface area contributed by atoms with Gasteiger partial charge in [-0.1, -0.05) is 0 Å². The molecule has 1 rings (SSSR count). The van der Waals surface area contributed by atoms with Crippen molar-refractivity contribution in [3.8, 4) is 0 Å². The second kappa shape index (κ2) is 3.51. The van der Waals surface area contributed by atoms with Gasteiger partial charge >= 0.3 is 84.5 Å². The summed E-state index contributed by atoms with van der Waals surface area (Å²) >= 11 is -1.53. The second-order valence-electron chi connectivity index (χ2n) is 4.25. The summed E-state index contributed by atoms with van der Waals surface area (Å²) in [6.45, 7) is 6.21. The fraction of sp³-hybridized carbons (Fsp3) is 0.556. The molecule has 0 saturated carbocycles. The summed E-state index contributed by atoms with van der Waals surface area (Å²) in [6.07, 6.45) is 1.74. The van der Waals surface area contributed by atoms with Gasteiger partial charge < -0.3 is 0 Å². The quantitative estimate of drug-likeness (QED) is 0.631. The average molecular weight is 242 g/mol. The molecule has 1 aliphatic rings. The number of nitrogens with zero attached hydrogens (tertiary/aromatic N) is 1. The van der Waals surface area contributed by atoms with Gasteiger partial charge in [0, 0.05) is 0 Å². The summed E-state index contributed by atoms with van der Waals surface area (Å²) in [6, 6.07) is 0. The van der Waals surface area contributed by atoms with Gasteiger partial charge in [-0.15, -0.1) is 0 Å². The van der Waals surface area contributed by atoms with Gasteiger partial charge in [-0.2, -0.15) is 0 Å². The topological polar surface area (TPSA) is 20.3 Å². The van der Waals surface area contributed by atoms with E-state index in [1.165, 1.54) is 0 Å². The Morgan fingerprint density at radius 1 is 1.42 bits per heavy atom. The maximum atomic E-state index is 11.4. The van der Waals surface area contributed by atoms with Gasteiger partial charge in [-0.05, 0) is 0 Å². The van der Waals surface area contributed by atoms with E-state index in [1.807, 2.05) is 4.90 Å². The van der Waals surface area contributed by atoms with Crippen LogP contribution in [0, 0.1) is 0 Å². The van der Waals surface area contributed by atoms with Crippen molar-refractivity contribution in [2.45, 2.75) is 30.0 Å². The van der Waals surface area contributed by atoms with E-state index in [2.05, 4.69) is 30.3 Å². The zero-order valence-electron chi connectivity index (χ0n) is 8.16. The van der Waals surface area contributed by atoms with Crippen molar-refractivity contribution >= 4 is 8.83 Å². The van der Waals surface area contributed by atoms with Crippen molar-refractivity contribution in [2.24, 2.45) is 0 Å². The normalized spacial score (nSPS) is 18.2. The van der Waals surface area contributed by atoms with Crippen LogP contribution in [-0.2, 0) is 31.7 Å². The third kappa shape index (κ3) is 2.33. The van der Waals surface area contributed by atoms with Crippen LogP contribution < -0.4 is 0 Å². The molecule has 0 bridgehead atoms. The van der Waals surface area contributed by atoms with E-state index in [1.54, 1.807) is 6.08 Å². The van der Waals surface area contributed by atoms with Crippen LogP contribution in [0.1, 0.15) is 20.8 Å². The number of amides is 1. The molecule has 65 valence electrons. The summed E-state index contributed by atoms with van der Waals surface area (Å²) < 4.78 is 6.60. The summed E-state index contributed by atoms with van der Waals surface area (Å²) in [7, 11) is 0. The molecule has 0 atom stereocenters. The Bertz CT molecular complexity index is 260. The summed E-state index contributed by atoms with van der Waals surface area (Å²) in [4.78, 5) is 13.3. The van der Waals surface area contributed by atoms with Crippen LogP contribution in [0.4, 0.5) is 0 Å². The molecule has 0 N–H and O–H groups in total. The first kappa shape index (κ1) is 10.3. The standard InChI is InChI=1S/C8H12NO.CH3.Y/c1-6-7(10)9(5)8(2,3)4;;/h1,5-6H,2-4H3;1H3;. The Hall–Kier alpha value is 0.184. The fourth-order valence-electron chi connectivity index (χ4n) is 1.23. The van der Waals surface area contributed by atoms with Gasteiger partial charge in [0.15, 0.2) is 0 Å². The molecule has 0 aromatic heterocycles. The van der Waals surface area contributed by atoms with Crippen molar-refractivity contribution in [2.75, 3.05) is 0 Å². The van der Waals surface area contributed by atoms with Gasteiger partial charge in [0.2, 0.25) is 0 Å². The van der Waals surface area contributed by atoms with Gasteiger partial charge in [0.05, 0.1) is 0 Å².